The summed E-state index contributed by atoms with van der Waals surface area (Å²) in [6.07, 6.45) is 0. The molecule has 1 aromatic heterocycles. The Morgan fingerprint density at radius 2 is 1.67 bits per heavy atom. The molecule has 0 aliphatic carbocycles. The van der Waals surface area contributed by atoms with Crippen molar-refractivity contribution < 1.29 is 14.3 Å². The van der Waals surface area contributed by atoms with Crippen molar-refractivity contribution in [3.05, 3.63) is 107 Å². The van der Waals surface area contributed by atoms with Crippen molar-refractivity contribution in [3.63, 3.8) is 0 Å². The highest BCUT2D eigenvalue weighted by Gasteiger charge is 2.23. The fourth-order valence-corrected chi connectivity index (χ4v) is 4.93. The summed E-state index contributed by atoms with van der Waals surface area (Å²) >= 11 is 2.81. The van der Waals surface area contributed by atoms with Gasteiger partial charge in [-0.3, -0.25) is 9.59 Å². The van der Waals surface area contributed by atoms with E-state index in [9.17, 15) is 9.59 Å². The zero-order valence-corrected chi connectivity index (χ0v) is 19.5. The average molecular weight is 475 g/mol. The van der Waals surface area contributed by atoms with E-state index in [0.29, 0.717) is 22.0 Å². The third-order valence-corrected chi connectivity index (χ3v) is 6.91. The van der Waals surface area contributed by atoms with Gasteiger partial charge < -0.3 is 15.4 Å². The molecule has 2 N–H and O–H groups in total. The van der Waals surface area contributed by atoms with Gasteiger partial charge in [-0.05, 0) is 47.3 Å². The highest BCUT2D eigenvalue weighted by atomic mass is 32.2. The number of anilines is 2. The summed E-state index contributed by atoms with van der Waals surface area (Å²) in [5, 5.41) is 7.28. The molecule has 0 fully saturated rings. The summed E-state index contributed by atoms with van der Waals surface area (Å²) in [6.45, 7) is 0. The van der Waals surface area contributed by atoms with E-state index in [1.54, 1.807) is 19.2 Å². The van der Waals surface area contributed by atoms with Crippen LogP contribution >= 0.6 is 23.1 Å². The number of nitrogens with one attached hydrogen (secondary N) is 2. The van der Waals surface area contributed by atoms with Gasteiger partial charge in [0.2, 0.25) is 5.91 Å². The second-order valence-corrected chi connectivity index (χ2v) is 9.18. The lowest BCUT2D eigenvalue weighted by atomic mass is 10.1. The first-order valence-electron chi connectivity index (χ1n) is 10.2. The molecule has 5 nitrogen and oxygen atoms in total. The second-order valence-electron chi connectivity index (χ2n) is 7.06. The number of thioether (sulfide) groups is 1. The third kappa shape index (κ3) is 5.83. The largest absolute Gasteiger partial charge is 0.495 e. The number of methoxy groups -OCH3 is 1. The Bertz CT molecular complexity index is 1230. The monoisotopic (exact) mass is 474 g/mol. The van der Waals surface area contributed by atoms with E-state index in [-0.39, 0.29) is 11.8 Å². The van der Waals surface area contributed by atoms with E-state index in [1.807, 2.05) is 84.2 Å². The molecule has 3 aromatic carbocycles. The zero-order valence-electron chi connectivity index (χ0n) is 17.9. The zero-order chi connectivity index (χ0) is 23.0. The van der Waals surface area contributed by atoms with Crippen LogP contribution in [-0.4, -0.2) is 18.9 Å². The molecule has 166 valence electrons. The van der Waals surface area contributed by atoms with Gasteiger partial charge in [0.15, 0.2) is 0 Å². The number of carbonyl (C=O) groups excluding carboxylic acids is 2. The molecular formula is C26H22N2O3S2. The van der Waals surface area contributed by atoms with E-state index in [4.69, 9.17) is 4.74 Å². The lowest BCUT2D eigenvalue weighted by Gasteiger charge is -2.18. The maximum absolute atomic E-state index is 13.3. The Labute approximate surface area is 200 Å². The van der Waals surface area contributed by atoms with Gasteiger partial charge in [-0.2, -0.15) is 0 Å². The molecule has 0 spiro atoms. The minimum Gasteiger partial charge on any atom is -0.495 e. The minimum atomic E-state index is -0.501. The molecule has 0 saturated heterocycles. The molecule has 4 rings (SSSR count). The second kappa shape index (κ2) is 10.8. The van der Waals surface area contributed by atoms with Crippen LogP contribution in [-0.2, 0) is 4.79 Å². The van der Waals surface area contributed by atoms with Crippen LogP contribution in [0.2, 0.25) is 0 Å². The van der Waals surface area contributed by atoms with E-state index in [1.165, 1.54) is 23.1 Å². The molecule has 7 heteroatoms. The first-order valence-corrected chi connectivity index (χ1v) is 12.0. The molecule has 1 unspecified atom stereocenters. The van der Waals surface area contributed by atoms with E-state index in [0.717, 1.165) is 10.5 Å². The molecule has 0 saturated carbocycles. The van der Waals surface area contributed by atoms with Crippen LogP contribution in [0, 0.1) is 0 Å². The molecule has 0 bridgehead atoms. The Kier molecular flexibility index (Phi) is 7.44. The van der Waals surface area contributed by atoms with Gasteiger partial charge >= 0.3 is 0 Å². The van der Waals surface area contributed by atoms with Crippen LogP contribution in [0.5, 0.6) is 5.75 Å². The summed E-state index contributed by atoms with van der Waals surface area (Å²) < 4.78 is 5.37. The quantitative estimate of drug-likeness (QED) is 0.287. The predicted octanol–water partition coefficient (Wildman–Crippen LogP) is 6.48. The van der Waals surface area contributed by atoms with Crippen molar-refractivity contribution in [2.24, 2.45) is 0 Å². The Balaban J connectivity index is 1.56. The molecule has 4 aromatic rings. The smallest absolute Gasteiger partial charge is 0.265 e. The molecule has 1 atom stereocenters. The fourth-order valence-electron chi connectivity index (χ4n) is 3.23. The van der Waals surface area contributed by atoms with Crippen LogP contribution in [0.1, 0.15) is 20.5 Å². The summed E-state index contributed by atoms with van der Waals surface area (Å²) in [4.78, 5) is 27.3. The highest BCUT2D eigenvalue weighted by molar-refractivity contribution is 8.00. The van der Waals surface area contributed by atoms with Gasteiger partial charge in [0, 0.05) is 10.6 Å². The molecular weight excluding hydrogens is 452 g/mol. The maximum atomic E-state index is 13.3. The number of carbonyl (C=O) groups is 2. The van der Waals surface area contributed by atoms with Crippen LogP contribution in [0.15, 0.2) is 101 Å². The third-order valence-electron chi connectivity index (χ3n) is 4.80. The topological polar surface area (TPSA) is 67.4 Å². The highest BCUT2D eigenvalue weighted by Crippen LogP contribution is 2.38. The van der Waals surface area contributed by atoms with Crippen LogP contribution in [0.25, 0.3) is 0 Å². The Hall–Kier alpha value is -3.55. The van der Waals surface area contributed by atoms with Crippen molar-refractivity contribution in [2.75, 3.05) is 17.7 Å². The number of benzene rings is 3. The number of rotatable bonds is 8. The lowest BCUT2D eigenvalue weighted by molar-refractivity contribution is -0.115. The number of ether oxygens (including phenoxy) is 1. The van der Waals surface area contributed by atoms with Gasteiger partial charge in [0.1, 0.15) is 11.0 Å². The fraction of sp³-hybridized carbons (Fsp3) is 0.0769. The van der Waals surface area contributed by atoms with Gasteiger partial charge in [-0.15, -0.1) is 23.1 Å². The Morgan fingerprint density at radius 3 is 2.42 bits per heavy atom. The molecule has 1 heterocycles. The SMILES string of the molecule is COc1ccccc1NC(=O)C(Sc1cccc(NC(=O)c2cccs2)c1)c1ccccc1. The standard InChI is InChI=1S/C26H22N2O3S2/c1-31-22-14-6-5-13-21(22)28-26(30)24(18-9-3-2-4-10-18)33-20-12-7-11-19(17-20)27-25(29)23-15-8-16-32-23/h2-17,24H,1H3,(H,27,29)(H,28,30). The summed E-state index contributed by atoms with van der Waals surface area (Å²) in [5.74, 6) is 0.283. The summed E-state index contributed by atoms with van der Waals surface area (Å²) in [7, 11) is 1.57. The molecule has 2 amide bonds. The van der Waals surface area contributed by atoms with Crippen molar-refractivity contribution in [1.82, 2.24) is 0 Å². The van der Waals surface area contributed by atoms with Crippen LogP contribution in [0.4, 0.5) is 11.4 Å². The summed E-state index contributed by atoms with van der Waals surface area (Å²) in [5.41, 5.74) is 2.17. The lowest BCUT2D eigenvalue weighted by Crippen LogP contribution is -2.19. The minimum absolute atomic E-state index is 0.152. The average Bonchev–Trinajstić information content (AvgIpc) is 3.39. The van der Waals surface area contributed by atoms with Gasteiger partial charge in [-0.1, -0.05) is 54.6 Å². The van der Waals surface area contributed by atoms with Crippen molar-refractivity contribution in [1.29, 1.82) is 0 Å². The summed E-state index contributed by atoms with van der Waals surface area (Å²) in [6, 6.07) is 28.1. The first kappa shape index (κ1) is 22.6. The number of hydrogen-bond acceptors (Lipinski definition) is 5. The first-order chi connectivity index (χ1) is 16.1. The van der Waals surface area contributed by atoms with Crippen LogP contribution < -0.4 is 15.4 Å². The van der Waals surface area contributed by atoms with Crippen molar-refractivity contribution in [2.45, 2.75) is 10.1 Å². The number of amides is 2. The van der Waals surface area contributed by atoms with Crippen molar-refractivity contribution >= 4 is 46.3 Å². The normalized spacial score (nSPS) is 11.4. The van der Waals surface area contributed by atoms with E-state index in [2.05, 4.69) is 10.6 Å². The van der Waals surface area contributed by atoms with E-state index < -0.39 is 5.25 Å². The van der Waals surface area contributed by atoms with Gasteiger partial charge in [0.25, 0.3) is 5.91 Å². The number of hydrogen-bond donors (Lipinski definition) is 2. The molecule has 0 radical (unpaired) electrons. The molecule has 0 aliphatic heterocycles. The predicted molar refractivity (Wildman–Crippen MR) is 135 cm³/mol. The molecule has 0 aliphatic rings. The van der Waals surface area contributed by atoms with Gasteiger partial charge in [0.05, 0.1) is 17.7 Å². The molecule has 33 heavy (non-hydrogen) atoms. The number of para-hydroxylation sites is 2. The van der Waals surface area contributed by atoms with Crippen LogP contribution in [0.3, 0.4) is 0 Å². The number of thiophene rings is 1. The van der Waals surface area contributed by atoms with E-state index >= 15 is 0 Å². The van der Waals surface area contributed by atoms with Gasteiger partial charge in [-0.25, -0.2) is 0 Å². The Morgan fingerprint density at radius 1 is 0.879 bits per heavy atom. The maximum Gasteiger partial charge on any atom is 0.265 e. The van der Waals surface area contributed by atoms with Crippen molar-refractivity contribution in [3.8, 4) is 5.75 Å².